The Balaban J connectivity index is 2.72. The molecule has 1 rings (SSSR count). The number of rotatable bonds is 3. The number of amides is 1. The molecule has 1 heterocycles. The molecular formula is C11H16N2O. The van der Waals surface area contributed by atoms with E-state index in [4.69, 9.17) is 0 Å². The predicted octanol–water partition coefficient (Wildman–Crippen LogP) is 2.44. The van der Waals surface area contributed by atoms with Gasteiger partial charge >= 0.3 is 0 Å². The summed E-state index contributed by atoms with van der Waals surface area (Å²) in [6.45, 7) is 5.82. The van der Waals surface area contributed by atoms with Crippen LogP contribution in [0.5, 0.6) is 0 Å². The average Bonchev–Trinajstić information content (AvgIpc) is 2.10. The Morgan fingerprint density at radius 3 is 2.71 bits per heavy atom. The Morgan fingerprint density at radius 1 is 1.43 bits per heavy atom. The van der Waals surface area contributed by atoms with Crippen LogP contribution in [0.4, 0.5) is 5.69 Å². The van der Waals surface area contributed by atoms with Gasteiger partial charge in [-0.3, -0.25) is 9.78 Å². The molecule has 14 heavy (non-hydrogen) atoms. The summed E-state index contributed by atoms with van der Waals surface area (Å²) >= 11 is 0. The van der Waals surface area contributed by atoms with Gasteiger partial charge in [0, 0.05) is 12.1 Å². The molecule has 0 aliphatic carbocycles. The fraction of sp³-hybridized carbons (Fsp3) is 0.455. The van der Waals surface area contributed by atoms with Gasteiger partial charge < -0.3 is 5.32 Å². The van der Waals surface area contributed by atoms with Gasteiger partial charge in [0.2, 0.25) is 5.91 Å². The Hall–Kier alpha value is -1.38. The lowest BCUT2D eigenvalue weighted by molar-refractivity contribution is -0.116. The molecule has 0 saturated carbocycles. The molecule has 0 aliphatic heterocycles. The van der Waals surface area contributed by atoms with Crippen molar-refractivity contribution < 1.29 is 4.79 Å². The first kappa shape index (κ1) is 10.7. The maximum absolute atomic E-state index is 11.3. The van der Waals surface area contributed by atoms with Crippen LogP contribution >= 0.6 is 0 Å². The van der Waals surface area contributed by atoms with Gasteiger partial charge in [0.25, 0.3) is 0 Å². The third-order valence-corrected chi connectivity index (χ3v) is 1.98. The van der Waals surface area contributed by atoms with Crippen LogP contribution in [0, 0.1) is 13.8 Å². The van der Waals surface area contributed by atoms with Crippen molar-refractivity contribution in [3.05, 3.63) is 23.5 Å². The molecule has 0 saturated heterocycles. The summed E-state index contributed by atoms with van der Waals surface area (Å²) in [6.07, 6.45) is 1.43. The third kappa shape index (κ3) is 2.83. The monoisotopic (exact) mass is 192 g/mol. The number of aryl methyl sites for hydroxylation is 2. The molecule has 0 atom stereocenters. The van der Waals surface area contributed by atoms with E-state index in [0.717, 1.165) is 23.5 Å². The maximum atomic E-state index is 11.3. The van der Waals surface area contributed by atoms with Gasteiger partial charge in [-0.05, 0) is 32.4 Å². The highest BCUT2D eigenvalue weighted by Crippen LogP contribution is 2.12. The van der Waals surface area contributed by atoms with E-state index in [9.17, 15) is 4.79 Å². The number of nitrogens with one attached hydrogen (secondary N) is 1. The molecule has 1 amide bonds. The van der Waals surface area contributed by atoms with Gasteiger partial charge in [-0.15, -0.1) is 0 Å². The highest BCUT2D eigenvalue weighted by atomic mass is 16.1. The highest BCUT2D eigenvalue weighted by molar-refractivity contribution is 5.91. The minimum Gasteiger partial charge on any atom is -0.325 e. The number of nitrogens with zero attached hydrogens (tertiary/aromatic N) is 1. The van der Waals surface area contributed by atoms with Crippen LogP contribution in [0.1, 0.15) is 31.2 Å². The molecule has 1 aromatic heterocycles. The largest absolute Gasteiger partial charge is 0.325 e. The summed E-state index contributed by atoms with van der Waals surface area (Å²) < 4.78 is 0. The average molecular weight is 192 g/mol. The van der Waals surface area contributed by atoms with E-state index in [2.05, 4.69) is 10.3 Å². The molecule has 0 fully saturated rings. The highest BCUT2D eigenvalue weighted by Gasteiger charge is 2.03. The number of carbonyl (C=O) groups excluding carboxylic acids is 1. The topological polar surface area (TPSA) is 42.0 Å². The second kappa shape index (κ2) is 4.74. The van der Waals surface area contributed by atoms with E-state index < -0.39 is 0 Å². The standard InChI is InChI=1S/C11H16N2O/c1-4-5-11(14)13-10-7-6-8(2)12-9(10)3/h6-7H,4-5H2,1-3H3,(H,13,14). The van der Waals surface area contributed by atoms with E-state index >= 15 is 0 Å². The summed E-state index contributed by atoms with van der Waals surface area (Å²) in [7, 11) is 0. The molecule has 0 bridgehead atoms. The maximum Gasteiger partial charge on any atom is 0.224 e. The lowest BCUT2D eigenvalue weighted by Crippen LogP contribution is -2.12. The molecule has 0 spiro atoms. The van der Waals surface area contributed by atoms with Gasteiger partial charge in [0.15, 0.2) is 0 Å². The van der Waals surface area contributed by atoms with Crippen LogP contribution in [0.15, 0.2) is 12.1 Å². The van der Waals surface area contributed by atoms with Gasteiger partial charge in [0.1, 0.15) is 0 Å². The zero-order chi connectivity index (χ0) is 10.6. The Morgan fingerprint density at radius 2 is 2.14 bits per heavy atom. The molecule has 0 aromatic carbocycles. The lowest BCUT2D eigenvalue weighted by atomic mass is 10.2. The second-order valence-electron chi connectivity index (χ2n) is 3.38. The van der Waals surface area contributed by atoms with Crippen LogP contribution in [-0.4, -0.2) is 10.9 Å². The lowest BCUT2D eigenvalue weighted by Gasteiger charge is -2.07. The summed E-state index contributed by atoms with van der Waals surface area (Å²) in [6, 6.07) is 3.79. The third-order valence-electron chi connectivity index (χ3n) is 1.98. The van der Waals surface area contributed by atoms with Crippen LogP contribution in [0.2, 0.25) is 0 Å². The van der Waals surface area contributed by atoms with Crippen molar-refractivity contribution in [3.8, 4) is 0 Å². The molecule has 1 N–H and O–H groups in total. The molecule has 3 heteroatoms. The SMILES string of the molecule is CCCC(=O)Nc1ccc(C)nc1C. The fourth-order valence-electron chi connectivity index (χ4n) is 1.26. The van der Waals surface area contributed by atoms with Gasteiger partial charge in [0.05, 0.1) is 11.4 Å². The number of hydrogen-bond donors (Lipinski definition) is 1. The van der Waals surface area contributed by atoms with Crippen molar-refractivity contribution in [2.75, 3.05) is 5.32 Å². The first-order valence-corrected chi connectivity index (χ1v) is 4.87. The van der Waals surface area contributed by atoms with Crippen molar-refractivity contribution in [1.82, 2.24) is 4.98 Å². The van der Waals surface area contributed by atoms with E-state index in [0.29, 0.717) is 6.42 Å². The van der Waals surface area contributed by atoms with E-state index in [1.165, 1.54) is 0 Å². The van der Waals surface area contributed by atoms with Crippen molar-refractivity contribution in [2.45, 2.75) is 33.6 Å². The van der Waals surface area contributed by atoms with Crippen molar-refractivity contribution in [1.29, 1.82) is 0 Å². The van der Waals surface area contributed by atoms with Gasteiger partial charge in [-0.2, -0.15) is 0 Å². The number of hydrogen-bond acceptors (Lipinski definition) is 2. The van der Waals surface area contributed by atoms with Gasteiger partial charge in [-0.1, -0.05) is 6.92 Å². The molecule has 0 unspecified atom stereocenters. The summed E-state index contributed by atoms with van der Waals surface area (Å²) in [5, 5.41) is 2.84. The first-order valence-electron chi connectivity index (χ1n) is 4.87. The fourth-order valence-corrected chi connectivity index (χ4v) is 1.26. The van der Waals surface area contributed by atoms with E-state index in [1.54, 1.807) is 0 Å². The number of aromatic nitrogens is 1. The molecule has 76 valence electrons. The number of anilines is 1. The Bertz CT molecular complexity index is 334. The van der Waals surface area contributed by atoms with Crippen LogP contribution < -0.4 is 5.32 Å². The molecule has 0 aliphatic rings. The number of carbonyl (C=O) groups is 1. The first-order chi connectivity index (χ1) is 6.63. The van der Waals surface area contributed by atoms with E-state index in [1.807, 2.05) is 32.9 Å². The smallest absolute Gasteiger partial charge is 0.224 e. The zero-order valence-corrected chi connectivity index (χ0v) is 8.92. The summed E-state index contributed by atoms with van der Waals surface area (Å²) in [4.78, 5) is 15.6. The zero-order valence-electron chi connectivity index (χ0n) is 8.92. The van der Waals surface area contributed by atoms with Crippen LogP contribution in [0.3, 0.4) is 0 Å². The predicted molar refractivity (Wildman–Crippen MR) is 57.2 cm³/mol. The summed E-state index contributed by atoms with van der Waals surface area (Å²) in [5.74, 6) is 0.0567. The Kier molecular flexibility index (Phi) is 3.63. The van der Waals surface area contributed by atoms with Gasteiger partial charge in [-0.25, -0.2) is 0 Å². The van der Waals surface area contributed by atoms with Crippen LogP contribution in [-0.2, 0) is 4.79 Å². The number of pyridine rings is 1. The molecule has 1 aromatic rings. The van der Waals surface area contributed by atoms with E-state index in [-0.39, 0.29) is 5.91 Å². The molecular weight excluding hydrogens is 176 g/mol. The quantitative estimate of drug-likeness (QED) is 0.799. The minimum atomic E-state index is 0.0567. The second-order valence-corrected chi connectivity index (χ2v) is 3.38. The van der Waals surface area contributed by atoms with Crippen LogP contribution in [0.25, 0.3) is 0 Å². The van der Waals surface area contributed by atoms with Crippen molar-refractivity contribution in [3.63, 3.8) is 0 Å². The normalized spacial score (nSPS) is 9.93. The Labute approximate surface area is 84.6 Å². The minimum absolute atomic E-state index is 0.0567. The molecule has 0 radical (unpaired) electrons. The van der Waals surface area contributed by atoms with Crippen molar-refractivity contribution in [2.24, 2.45) is 0 Å². The summed E-state index contributed by atoms with van der Waals surface area (Å²) in [5.41, 5.74) is 2.65. The van der Waals surface area contributed by atoms with Crippen molar-refractivity contribution >= 4 is 11.6 Å². The molecule has 3 nitrogen and oxygen atoms in total.